The zero-order valence-corrected chi connectivity index (χ0v) is 14.8. The number of nitro groups is 1. The van der Waals surface area contributed by atoms with Gasteiger partial charge in [0, 0.05) is 30.7 Å². The number of aryl methyl sites for hydroxylation is 1. The van der Waals surface area contributed by atoms with E-state index in [1.54, 1.807) is 7.05 Å². The van der Waals surface area contributed by atoms with E-state index in [1.165, 1.54) is 4.68 Å². The fraction of sp³-hybridized carbons (Fsp3) is 0.438. The summed E-state index contributed by atoms with van der Waals surface area (Å²) in [5, 5.41) is 20.8. The van der Waals surface area contributed by atoms with Crippen molar-refractivity contribution in [1.29, 1.82) is 0 Å². The first-order valence-corrected chi connectivity index (χ1v) is 8.45. The molecule has 0 spiro atoms. The van der Waals surface area contributed by atoms with Gasteiger partial charge < -0.3 is 5.32 Å². The Balaban J connectivity index is 1.86. The van der Waals surface area contributed by atoms with Crippen molar-refractivity contribution in [3.05, 3.63) is 45.3 Å². The molecule has 2 aromatic rings. The molecule has 0 saturated carbocycles. The van der Waals surface area contributed by atoms with Crippen molar-refractivity contribution in [3.63, 3.8) is 0 Å². The number of nitro benzene ring substituents is 1. The van der Waals surface area contributed by atoms with Crippen LogP contribution in [0.25, 0.3) is 0 Å². The van der Waals surface area contributed by atoms with Gasteiger partial charge in [0.1, 0.15) is 0 Å². The predicted octanol–water partition coefficient (Wildman–Crippen LogP) is 2.46. The van der Waals surface area contributed by atoms with Gasteiger partial charge in [-0.15, -0.1) is 0 Å². The van der Waals surface area contributed by atoms with Crippen LogP contribution in [0.1, 0.15) is 40.5 Å². The number of alkyl halides is 3. The Hall–Kier alpha value is -3.02. The maximum atomic E-state index is 13.0. The summed E-state index contributed by atoms with van der Waals surface area (Å²) in [5.74, 6) is -0.234. The Bertz CT molecular complexity index is 906. The van der Waals surface area contributed by atoms with E-state index in [0.29, 0.717) is 18.0 Å². The molecular formula is C16H17F3N6O3. The van der Waals surface area contributed by atoms with Crippen LogP contribution in [-0.4, -0.2) is 38.7 Å². The van der Waals surface area contributed by atoms with E-state index in [0.717, 1.165) is 32.0 Å². The van der Waals surface area contributed by atoms with Crippen LogP contribution in [0.3, 0.4) is 0 Å². The van der Waals surface area contributed by atoms with Crippen LogP contribution in [0.15, 0.2) is 18.2 Å². The molecule has 150 valence electrons. The van der Waals surface area contributed by atoms with Crippen LogP contribution in [0.5, 0.6) is 0 Å². The number of halogens is 3. The largest absolute Gasteiger partial charge is 0.416 e. The predicted molar refractivity (Wildman–Crippen MR) is 91.9 cm³/mol. The Kier molecular flexibility index (Phi) is 5.31. The van der Waals surface area contributed by atoms with Crippen molar-refractivity contribution >= 4 is 17.5 Å². The molecule has 1 aromatic heterocycles. The third-order valence-corrected chi connectivity index (χ3v) is 4.43. The molecule has 1 aliphatic heterocycles. The highest BCUT2D eigenvalue weighted by molar-refractivity contribution is 6.04. The minimum absolute atomic E-state index is 0.0543. The van der Waals surface area contributed by atoms with E-state index in [1.807, 2.05) is 0 Å². The number of anilines is 1. The van der Waals surface area contributed by atoms with E-state index in [9.17, 15) is 28.1 Å². The highest BCUT2D eigenvalue weighted by atomic mass is 19.4. The molecule has 1 aromatic carbocycles. The lowest BCUT2D eigenvalue weighted by molar-refractivity contribution is -0.385. The molecule has 1 amide bonds. The van der Waals surface area contributed by atoms with Crippen LogP contribution in [0, 0.1) is 10.1 Å². The standard InChI is InChI=1S/C16H17F3N6O3/c1-24-15(21-13(23-24)9-2-4-20-5-3-9)22-14(26)10-6-11(16(17,18)19)8-12(7-10)25(27)28/h6-9,20H,2-5H2,1H3,(H,21,22,23,26). The summed E-state index contributed by atoms with van der Waals surface area (Å²) >= 11 is 0. The fourth-order valence-corrected chi connectivity index (χ4v) is 2.95. The normalized spacial score (nSPS) is 15.4. The summed E-state index contributed by atoms with van der Waals surface area (Å²) in [7, 11) is 1.54. The van der Waals surface area contributed by atoms with Gasteiger partial charge in [-0.1, -0.05) is 0 Å². The van der Waals surface area contributed by atoms with E-state index in [-0.39, 0.29) is 11.9 Å². The number of carbonyl (C=O) groups is 1. The lowest BCUT2D eigenvalue weighted by Gasteiger charge is -2.19. The molecule has 3 rings (SSSR count). The molecule has 0 unspecified atom stereocenters. The molecule has 1 saturated heterocycles. The van der Waals surface area contributed by atoms with Crippen molar-refractivity contribution in [2.24, 2.45) is 7.05 Å². The molecular weight excluding hydrogens is 381 g/mol. The summed E-state index contributed by atoms with van der Waals surface area (Å²) < 4.78 is 40.3. The minimum atomic E-state index is -4.83. The van der Waals surface area contributed by atoms with Gasteiger partial charge in [-0.3, -0.25) is 20.2 Å². The number of benzene rings is 1. The number of carbonyl (C=O) groups excluding carboxylic acids is 1. The van der Waals surface area contributed by atoms with Crippen molar-refractivity contribution in [2.45, 2.75) is 24.9 Å². The number of nitrogens with zero attached hydrogens (tertiary/aromatic N) is 4. The van der Waals surface area contributed by atoms with Crippen LogP contribution >= 0.6 is 0 Å². The molecule has 1 aliphatic rings. The van der Waals surface area contributed by atoms with Crippen molar-refractivity contribution in [3.8, 4) is 0 Å². The molecule has 1 fully saturated rings. The molecule has 9 nitrogen and oxygen atoms in total. The van der Waals surface area contributed by atoms with Crippen LogP contribution in [0.2, 0.25) is 0 Å². The average Bonchev–Trinajstić information content (AvgIpc) is 3.02. The van der Waals surface area contributed by atoms with Gasteiger partial charge in [-0.05, 0) is 32.0 Å². The monoisotopic (exact) mass is 398 g/mol. The first-order chi connectivity index (χ1) is 13.1. The number of aromatic nitrogens is 3. The zero-order chi connectivity index (χ0) is 20.5. The maximum Gasteiger partial charge on any atom is 0.416 e. The molecule has 2 N–H and O–H groups in total. The third kappa shape index (κ3) is 4.27. The molecule has 0 atom stereocenters. The van der Waals surface area contributed by atoms with Gasteiger partial charge >= 0.3 is 6.18 Å². The highest BCUT2D eigenvalue weighted by Gasteiger charge is 2.33. The average molecular weight is 398 g/mol. The summed E-state index contributed by atoms with van der Waals surface area (Å²) in [6.07, 6.45) is -3.16. The molecule has 12 heteroatoms. The topological polar surface area (TPSA) is 115 Å². The highest BCUT2D eigenvalue weighted by Crippen LogP contribution is 2.33. The summed E-state index contributed by atoms with van der Waals surface area (Å²) in [5.41, 5.74) is -2.60. The molecule has 0 aliphatic carbocycles. The van der Waals surface area contributed by atoms with E-state index < -0.39 is 33.8 Å². The van der Waals surface area contributed by atoms with Crippen molar-refractivity contribution < 1.29 is 22.9 Å². The fourth-order valence-electron chi connectivity index (χ4n) is 2.95. The first kappa shape index (κ1) is 19.7. The van der Waals surface area contributed by atoms with Gasteiger partial charge in [0.2, 0.25) is 5.95 Å². The van der Waals surface area contributed by atoms with Crippen LogP contribution in [0.4, 0.5) is 24.8 Å². The summed E-state index contributed by atoms with van der Waals surface area (Å²) in [4.78, 5) is 26.6. The van der Waals surface area contributed by atoms with Crippen molar-refractivity contribution in [2.75, 3.05) is 18.4 Å². The Morgan fingerprint density at radius 1 is 1.32 bits per heavy atom. The SMILES string of the molecule is Cn1nc(C2CCNCC2)nc1NC(=O)c1cc([N+](=O)[O-])cc(C(F)(F)F)c1. The lowest BCUT2D eigenvalue weighted by Crippen LogP contribution is -2.27. The van der Waals surface area contributed by atoms with Crippen LogP contribution < -0.4 is 10.6 Å². The molecule has 0 bridgehead atoms. The number of nitrogens with one attached hydrogen (secondary N) is 2. The van der Waals surface area contributed by atoms with Crippen LogP contribution in [-0.2, 0) is 13.2 Å². The van der Waals surface area contributed by atoms with Gasteiger partial charge in [0.15, 0.2) is 5.82 Å². The third-order valence-electron chi connectivity index (χ3n) is 4.43. The molecule has 2 heterocycles. The number of non-ortho nitro benzene ring substituents is 1. The first-order valence-electron chi connectivity index (χ1n) is 8.45. The second kappa shape index (κ2) is 7.54. The number of amides is 1. The second-order valence-electron chi connectivity index (χ2n) is 6.42. The van der Waals surface area contributed by atoms with E-state index in [4.69, 9.17) is 0 Å². The Morgan fingerprint density at radius 2 is 2.00 bits per heavy atom. The maximum absolute atomic E-state index is 13.0. The number of piperidine rings is 1. The summed E-state index contributed by atoms with van der Waals surface area (Å²) in [6.45, 7) is 1.64. The Morgan fingerprint density at radius 3 is 2.61 bits per heavy atom. The number of rotatable bonds is 4. The van der Waals surface area contributed by atoms with Gasteiger partial charge in [-0.2, -0.15) is 23.3 Å². The zero-order valence-electron chi connectivity index (χ0n) is 14.8. The summed E-state index contributed by atoms with van der Waals surface area (Å²) in [6, 6.07) is 1.73. The second-order valence-corrected chi connectivity index (χ2v) is 6.42. The number of hydrogen-bond donors (Lipinski definition) is 2. The van der Waals surface area contributed by atoms with E-state index in [2.05, 4.69) is 20.7 Å². The van der Waals surface area contributed by atoms with Crippen molar-refractivity contribution in [1.82, 2.24) is 20.1 Å². The van der Waals surface area contributed by atoms with Gasteiger partial charge in [-0.25, -0.2) is 4.68 Å². The van der Waals surface area contributed by atoms with Gasteiger partial charge in [0.05, 0.1) is 10.5 Å². The van der Waals surface area contributed by atoms with Gasteiger partial charge in [0.25, 0.3) is 11.6 Å². The quantitative estimate of drug-likeness (QED) is 0.604. The number of hydrogen-bond acceptors (Lipinski definition) is 6. The Labute approximate surface area is 157 Å². The molecule has 0 radical (unpaired) electrons. The van der Waals surface area contributed by atoms with E-state index >= 15 is 0 Å². The lowest BCUT2D eigenvalue weighted by atomic mass is 9.98. The smallest absolute Gasteiger partial charge is 0.317 e. The molecule has 28 heavy (non-hydrogen) atoms. The minimum Gasteiger partial charge on any atom is -0.317 e.